The lowest BCUT2D eigenvalue weighted by Crippen LogP contribution is -2.48. The average molecular weight is 386 g/mol. The van der Waals surface area contributed by atoms with Crippen molar-refractivity contribution in [2.45, 2.75) is 50.5 Å². The Balaban J connectivity index is 1.17. The van der Waals surface area contributed by atoms with Crippen LogP contribution in [0.15, 0.2) is 54.9 Å². The summed E-state index contributed by atoms with van der Waals surface area (Å²) in [6.07, 6.45) is 10.3. The van der Waals surface area contributed by atoms with E-state index in [9.17, 15) is 4.79 Å². The van der Waals surface area contributed by atoms with Crippen LogP contribution < -0.4 is 5.32 Å². The van der Waals surface area contributed by atoms with E-state index in [1.807, 2.05) is 28.8 Å². The van der Waals surface area contributed by atoms with Crippen LogP contribution in [0, 0.1) is 17.8 Å². The van der Waals surface area contributed by atoms with Crippen LogP contribution in [0.2, 0.25) is 0 Å². The van der Waals surface area contributed by atoms with Gasteiger partial charge in [-0.15, -0.1) is 0 Å². The molecule has 1 aromatic heterocycles. The lowest BCUT2D eigenvalue weighted by Gasteiger charge is -2.57. The summed E-state index contributed by atoms with van der Waals surface area (Å²) in [7, 11) is 0. The number of imidazole rings is 1. The van der Waals surface area contributed by atoms with Crippen molar-refractivity contribution in [2.75, 3.05) is 5.32 Å². The van der Waals surface area contributed by atoms with E-state index in [0.29, 0.717) is 5.41 Å². The van der Waals surface area contributed by atoms with E-state index >= 15 is 0 Å². The van der Waals surface area contributed by atoms with Crippen LogP contribution >= 0.6 is 0 Å². The van der Waals surface area contributed by atoms with Crippen molar-refractivity contribution in [3.05, 3.63) is 60.4 Å². The third-order valence-electron chi connectivity index (χ3n) is 7.66. The predicted molar refractivity (Wildman–Crippen MR) is 115 cm³/mol. The third-order valence-corrected chi connectivity index (χ3v) is 7.66. The monoisotopic (exact) mass is 385 g/mol. The molecule has 4 aliphatic rings. The van der Waals surface area contributed by atoms with Crippen molar-refractivity contribution in [1.82, 2.24) is 9.55 Å². The first-order valence-corrected chi connectivity index (χ1v) is 11.0. The molecule has 2 aromatic carbocycles. The number of carbonyl (C=O) groups is 1. The van der Waals surface area contributed by atoms with Gasteiger partial charge in [-0.1, -0.05) is 24.3 Å². The number of para-hydroxylation sites is 2. The van der Waals surface area contributed by atoms with Gasteiger partial charge < -0.3 is 9.88 Å². The second-order valence-corrected chi connectivity index (χ2v) is 9.68. The maximum atomic E-state index is 12.6. The molecule has 0 aliphatic heterocycles. The lowest BCUT2D eigenvalue weighted by molar-refractivity contribution is -0.116. The number of aromatic nitrogens is 2. The molecule has 4 bridgehead atoms. The fourth-order valence-electron chi connectivity index (χ4n) is 6.86. The highest BCUT2D eigenvalue weighted by molar-refractivity contribution is 5.91. The molecular formula is C25H27N3O. The largest absolute Gasteiger partial charge is 0.325 e. The molecule has 1 amide bonds. The minimum Gasteiger partial charge on any atom is -0.325 e. The summed E-state index contributed by atoms with van der Waals surface area (Å²) < 4.78 is 1.90. The molecule has 4 saturated carbocycles. The molecule has 1 N–H and O–H groups in total. The number of hydrogen-bond donors (Lipinski definition) is 1. The quantitative estimate of drug-likeness (QED) is 0.676. The fourth-order valence-corrected chi connectivity index (χ4v) is 6.86. The van der Waals surface area contributed by atoms with Gasteiger partial charge in [0.25, 0.3) is 0 Å². The van der Waals surface area contributed by atoms with Crippen LogP contribution in [0.3, 0.4) is 0 Å². The third kappa shape index (κ3) is 2.97. The maximum Gasteiger partial charge on any atom is 0.244 e. The zero-order chi connectivity index (χ0) is 19.4. The molecule has 3 aromatic rings. The molecule has 148 valence electrons. The summed E-state index contributed by atoms with van der Waals surface area (Å²) in [6.45, 7) is 0.275. The van der Waals surface area contributed by atoms with Gasteiger partial charge in [0, 0.05) is 5.69 Å². The van der Waals surface area contributed by atoms with Gasteiger partial charge in [-0.2, -0.15) is 0 Å². The summed E-state index contributed by atoms with van der Waals surface area (Å²) in [5.41, 5.74) is 4.69. The molecular weight excluding hydrogens is 358 g/mol. The summed E-state index contributed by atoms with van der Waals surface area (Å²) in [5, 5.41) is 3.06. The molecule has 29 heavy (non-hydrogen) atoms. The number of nitrogens with zero attached hydrogens (tertiary/aromatic N) is 2. The molecule has 0 atom stereocenters. The molecule has 4 fully saturated rings. The van der Waals surface area contributed by atoms with E-state index in [2.05, 4.69) is 34.6 Å². The van der Waals surface area contributed by atoms with Gasteiger partial charge in [-0.05, 0) is 91.5 Å². The van der Waals surface area contributed by atoms with Gasteiger partial charge in [0.05, 0.1) is 17.4 Å². The average Bonchev–Trinajstić information content (AvgIpc) is 3.10. The van der Waals surface area contributed by atoms with E-state index in [0.717, 1.165) is 34.5 Å². The summed E-state index contributed by atoms with van der Waals surface area (Å²) in [5.74, 6) is 2.83. The van der Waals surface area contributed by atoms with Crippen molar-refractivity contribution in [3.8, 4) is 0 Å². The normalized spacial score (nSPS) is 30.0. The highest BCUT2D eigenvalue weighted by Gasteiger charge is 2.51. The van der Waals surface area contributed by atoms with Crippen LogP contribution in [0.1, 0.15) is 44.1 Å². The van der Waals surface area contributed by atoms with Crippen LogP contribution in [0.4, 0.5) is 5.69 Å². The van der Waals surface area contributed by atoms with Crippen LogP contribution in [0.25, 0.3) is 11.0 Å². The van der Waals surface area contributed by atoms with E-state index in [-0.39, 0.29) is 12.5 Å². The Kier molecular flexibility index (Phi) is 3.84. The number of fused-ring (bicyclic) bond motifs is 1. The molecule has 0 radical (unpaired) electrons. The van der Waals surface area contributed by atoms with E-state index in [4.69, 9.17) is 0 Å². The van der Waals surface area contributed by atoms with Crippen molar-refractivity contribution in [3.63, 3.8) is 0 Å². The number of anilines is 1. The smallest absolute Gasteiger partial charge is 0.244 e. The topological polar surface area (TPSA) is 46.9 Å². The molecule has 4 heteroatoms. The van der Waals surface area contributed by atoms with Gasteiger partial charge in [0.1, 0.15) is 6.54 Å². The Bertz CT molecular complexity index is 1030. The maximum absolute atomic E-state index is 12.6. The van der Waals surface area contributed by atoms with E-state index in [1.54, 1.807) is 6.33 Å². The Labute approximate surface area is 171 Å². The minimum atomic E-state index is -0.0179. The number of nitrogens with one attached hydrogen (secondary N) is 1. The van der Waals surface area contributed by atoms with E-state index < -0.39 is 0 Å². The summed E-state index contributed by atoms with van der Waals surface area (Å²) in [6, 6.07) is 16.6. The molecule has 4 nitrogen and oxygen atoms in total. The zero-order valence-corrected chi connectivity index (χ0v) is 16.7. The van der Waals surface area contributed by atoms with Gasteiger partial charge in [0.15, 0.2) is 0 Å². The van der Waals surface area contributed by atoms with Gasteiger partial charge >= 0.3 is 0 Å². The number of carbonyl (C=O) groups excluding carboxylic acids is 1. The first kappa shape index (κ1) is 17.3. The summed E-state index contributed by atoms with van der Waals surface area (Å²) >= 11 is 0. The number of benzene rings is 2. The van der Waals surface area contributed by atoms with Crippen molar-refractivity contribution < 1.29 is 4.79 Å². The molecule has 4 aliphatic carbocycles. The summed E-state index contributed by atoms with van der Waals surface area (Å²) in [4.78, 5) is 16.9. The van der Waals surface area contributed by atoms with Crippen LogP contribution in [-0.4, -0.2) is 15.5 Å². The number of rotatable bonds is 4. The van der Waals surface area contributed by atoms with Crippen molar-refractivity contribution in [2.24, 2.45) is 17.8 Å². The van der Waals surface area contributed by atoms with Gasteiger partial charge in [-0.3, -0.25) is 4.79 Å². The Morgan fingerprint density at radius 3 is 2.31 bits per heavy atom. The zero-order valence-electron chi connectivity index (χ0n) is 16.7. The minimum absolute atomic E-state index is 0.0179. The Morgan fingerprint density at radius 2 is 1.62 bits per heavy atom. The molecule has 0 saturated heterocycles. The van der Waals surface area contributed by atoms with Crippen molar-refractivity contribution >= 4 is 22.6 Å². The lowest BCUT2D eigenvalue weighted by atomic mass is 9.48. The van der Waals surface area contributed by atoms with Crippen LogP contribution in [-0.2, 0) is 16.8 Å². The van der Waals surface area contributed by atoms with Gasteiger partial charge in [-0.25, -0.2) is 4.98 Å². The first-order chi connectivity index (χ1) is 14.2. The number of hydrogen-bond acceptors (Lipinski definition) is 2. The molecule has 0 unspecified atom stereocenters. The highest BCUT2D eigenvalue weighted by atomic mass is 16.1. The fraction of sp³-hybridized carbons (Fsp3) is 0.440. The standard InChI is InChI=1S/C25H27N3O/c29-24(15-28-16-26-22-3-1-2-4-23(22)28)27-21-7-5-20(6-8-21)25-12-17-9-18(13-25)11-19(10-17)14-25/h1-8,16-19H,9-15H2,(H,27,29). The van der Waals surface area contributed by atoms with E-state index in [1.165, 1.54) is 44.1 Å². The predicted octanol–water partition coefficient (Wildman–Crippen LogP) is 5.14. The number of amides is 1. The molecule has 7 rings (SSSR count). The van der Waals surface area contributed by atoms with Crippen molar-refractivity contribution in [1.29, 1.82) is 0 Å². The highest BCUT2D eigenvalue weighted by Crippen LogP contribution is 2.60. The second kappa shape index (κ2) is 6.45. The van der Waals surface area contributed by atoms with Crippen LogP contribution in [0.5, 0.6) is 0 Å². The first-order valence-electron chi connectivity index (χ1n) is 11.0. The second-order valence-electron chi connectivity index (χ2n) is 9.68. The molecule has 1 heterocycles. The van der Waals surface area contributed by atoms with Gasteiger partial charge in [0.2, 0.25) is 5.91 Å². The SMILES string of the molecule is O=C(Cn1cnc2ccccc21)Nc1ccc(C23CC4CC(CC(C4)C2)C3)cc1. The Hall–Kier alpha value is -2.62. The molecule has 0 spiro atoms. The Morgan fingerprint density at radius 1 is 0.966 bits per heavy atom.